The first-order chi connectivity index (χ1) is 11.0. The molecule has 2 aromatic rings. The highest BCUT2D eigenvalue weighted by atomic mass is 32.2. The molecule has 0 fully saturated rings. The summed E-state index contributed by atoms with van der Waals surface area (Å²) in [5, 5.41) is 3.29. The molecular formula is C17H20N2O3S. The first-order valence-electron chi connectivity index (χ1n) is 7.37. The van der Waals surface area contributed by atoms with Gasteiger partial charge in [0.25, 0.3) is 10.0 Å². The monoisotopic (exact) mass is 332 g/mol. The number of hydrogen-bond acceptors (Lipinski definition) is 4. The van der Waals surface area contributed by atoms with Crippen molar-refractivity contribution in [3.05, 3.63) is 59.2 Å². The van der Waals surface area contributed by atoms with Crippen molar-refractivity contribution in [3.8, 4) is 0 Å². The Bertz CT molecular complexity index is 833. The van der Waals surface area contributed by atoms with Crippen molar-refractivity contribution in [3.63, 3.8) is 0 Å². The van der Waals surface area contributed by atoms with E-state index < -0.39 is 10.0 Å². The molecule has 2 aromatic carbocycles. The van der Waals surface area contributed by atoms with Crippen molar-refractivity contribution in [2.24, 2.45) is 0 Å². The number of aryl methyl sites for hydroxylation is 1. The second-order valence-electron chi connectivity index (χ2n) is 5.64. The van der Waals surface area contributed by atoms with Gasteiger partial charge in [0.2, 0.25) is 0 Å². The quantitative estimate of drug-likeness (QED) is 0.877. The molecule has 1 N–H and O–H groups in total. The number of hydrogen-bond donors (Lipinski definition) is 1. The molecule has 0 bridgehead atoms. The molecule has 6 heteroatoms. The molecule has 3 rings (SSSR count). The van der Waals surface area contributed by atoms with E-state index in [1.165, 1.54) is 4.31 Å². The lowest BCUT2D eigenvalue weighted by atomic mass is 9.96. The Kier molecular flexibility index (Phi) is 4.14. The van der Waals surface area contributed by atoms with E-state index in [-0.39, 0.29) is 6.04 Å². The third-order valence-corrected chi connectivity index (χ3v) is 5.96. The van der Waals surface area contributed by atoms with Gasteiger partial charge in [-0.1, -0.05) is 30.3 Å². The van der Waals surface area contributed by atoms with E-state index >= 15 is 0 Å². The van der Waals surface area contributed by atoms with Gasteiger partial charge in [-0.15, -0.1) is 0 Å². The summed E-state index contributed by atoms with van der Waals surface area (Å²) in [6, 6.07) is 12.8. The Labute approximate surface area is 136 Å². The highest BCUT2D eigenvalue weighted by molar-refractivity contribution is 7.92. The number of anilines is 1. The van der Waals surface area contributed by atoms with Gasteiger partial charge in [-0.25, -0.2) is 8.42 Å². The van der Waals surface area contributed by atoms with Crippen molar-refractivity contribution >= 4 is 15.7 Å². The minimum atomic E-state index is -3.60. The fraction of sp³-hybridized carbons (Fsp3) is 0.294. The molecule has 23 heavy (non-hydrogen) atoms. The molecular weight excluding hydrogens is 312 g/mol. The van der Waals surface area contributed by atoms with Crippen LogP contribution in [-0.4, -0.2) is 29.3 Å². The first kappa shape index (κ1) is 16.0. The van der Waals surface area contributed by atoms with Crippen molar-refractivity contribution < 1.29 is 13.2 Å². The Morgan fingerprint density at radius 2 is 1.91 bits per heavy atom. The Balaban J connectivity index is 2.32. The van der Waals surface area contributed by atoms with Gasteiger partial charge in [0, 0.05) is 14.2 Å². The van der Waals surface area contributed by atoms with Crippen LogP contribution in [0.4, 0.5) is 5.69 Å². The average molecular weight is 332 g/mol. The Morgan fingerprint density at radius 1 is 1.17 bits per heavy atom. The number of para-hydroxylation sites is 1. The number of rotatable bonds is 3. The fourth-order valence-corrected chi connectivity index (χ4v) is 4.49. The van der Waals surface area contributed by atoms with Crippen LogP contribution in [0.3, 0.4) is 0 Å². The number of sulfonamides is 1. The van der Waals surface area contributed by atoms with Crippen LogP contribution in [0, 0.1) is 6.92 Å². The fourth-order valence-electron chi connectivity index (χ4n) is 2.95. The lowest BCUT2D eigenvalue weighted by molar-refractivity contribution is 0.168. The number of fused-ring (bicyclic) bond motifs is 2. The first-order valence-corrected chi connectivity index (χ1v) is 8.81. The summed E-state index contributed by atoms with van der Waals surface area (Å²) in [7, 11) is -0.397. The number of nitrogens with one attached hydrogen (secondary N) is 1. The zero-order valence-electron chi connectivity index (χ0n) is 13.4. The van der Waals surface area contributed by atoms with Crippen LogP contribution < -0.4 is 9.62 Å². The molecule has 122 valence electrons. The summed E-state index contributed by atoms with van der Waals surface area (Å²) < 4.78 is 32.6. The predicted octanol–water partition coefficient (Wildman–Crippen LogP) is 2.42. The highest BCUT2D eigenvalue weighted by Gasteiger charge is 2.34. The van der Waals surface area contributed by atoms with Gasteiger partial charge in [-0.2, -0.15) is 0 Å². The molecule has 0 aliphatic carbocycles. The molecule has 1 atom stereocenters. The average Bonchev–Trinajstić information content (AvgIpc) is 2.61. The zero-order chi connectivity index (χ0) is 16.6. The van der Waals surface area contributed by atoms with E-state index in [0.29, 0.717) is 17.3 Å². The number of nitrogens with zero attached hydrogens (tertiary/aromatic N) is 1. The molecule has 1 heterocycles. The van der Waals surface area contributed by atoms with Gasteiger partial charge in [-0.05, 0) is 35.7 Å². The van der Waals surface area contributed by atoms with Crippen LogP contribution >= 0.6 is 0 Å². The normalized spacial score (nSPS) is 18.9. The Hall–Kier alpha value is -1.89. The molecule has 0 saturated heterocycles. The van der Waals surface area contributed by atoms with Gasteiger partial charge in [0.1, 0.15) is 0 Å². The SMILES string of the molecule is COCNC1c2ccccc2N(C)S(=O)(=O)c2cc(C)ccc21. The molecule has 0 spiro atoms. The summed E-state index contributed by atoms with van der Waals surface area (Å²) in [5.74, 6) is 0. The van der Waals surface area contributed by atoms with Crippen LogP contribution in [0.2, 0.25) is 0 Å². The number of methoxy groups -OCH3 is 1. The van der Waals surface area contributed by atoms with Crippen LogP contribution in [0.5, 0.6) is 0 Å². The molecule has 1 unspecified atom stereocenters. The van der Waals surface area contributed by atoms with E-state index in [2.05, 4.69) is 5.32 Å². The van der Waals surface area contributed by atoms with Crippen LogP contribution in [0.15, 0.2) is 47.4 Å². The third-order valence-electron chi connectivity index (χ3n) is 4.14. The van der Waals surface area contributed by atoms with Crippen LogP contribution in [-0.2, 0) is 14.8 Å². The van der Waals surface area contributed by atoms with E-state index in [1.807, 2.05) is 43.3 Å². The Morgan fingerprint density at radius 3 is 2.65 bits per heavy atom. The van der Waals surface area contributed by atoms with Crippen molar-refractivity contribution in [1.82, 2.24) is 5.32 Å². The van der Waals surface area contributed by atoms with Crippen molar-refractivity contribution in [2.45, 2.75) is 17.9 Å². The summed E-state index contributed by atoms with van der Waals surface area (Å²) >= 11 is 0. The van der Waals surface area contributed by atoms with Crippen LogP contribution in [0.25, 0.3) is 0 Å². The molecule has 0 radical (unpaired) electrons. The number of ether oxygens (including phenoxy) is 1. The maximum atomic E-state index is 13.0. The standard InChI is InChI=1S/C17H20N2O3S/c1-12-8-9-14-16(10-12)23(20,21)19(2)15-7-5-4-6-13(15)17(14)18-11-22-3/h4-10,17-18H,11H2,1-3H3. The number of benzene rings is 2. The smallest absolute Gasteiger partial charge is 0.264 e. The largest absolute Gasteiger partial charge is 0.370 e. The van der Waals surface area contributed by atoms with Crippen molar-refractivity contribution in [1.29, 1.82) is 0 Å². The van der Waals surface area contributed by atoms with Gasteiger partial charge in [0.05, 0.1) is 23.4 Å². The van der Waals surface area contributed by atoms with E-state index in [9.17, 15) is 8.42 Å². The minimum Gasteiger partial charge on any atom is -0.370 e. The van der Waals surface area contributed by atoms with E-state index in [4.69, 9.17) is 4.74 Å². The molecule has 0 aromatic heterocycles. The van der Waals surface area contributed by atoms with Crippen molar-refractivity contribution in [2.75, 3.05) is 25.2 Å². The van der Waals surface area contributed by atoms with E-state index in [1.54, 1.807) is 20.2 Å². The van der Waals surface area contributed by atoms with Gasteiger partial charge in [0.15, 0.2) is 0 Å². The summed E-state index contributed by atoms with van der Waals surface area (Å²) in [6.45, 7) is 2.22. The second-order valence-corrected chi connectivity index (χ2v) is 7.58. The second kappa shape index (κ2) is 5.96. The molecule has 1 aliphatic rings. The van der Waals surface area contributed by atoms with E-state index in [0.717, 1.165) is 16.7 Å². The van der Waals surface area contributed by atoms with Gasteiger partial charge < -0.3 is 4.74 Å². The molecule has 1 aliphatic heterocycles. The minimum absolute atomic E-state index is 0.249. The third kappa shape index (κ3) is 2.63. The lowest BCUT2D eigenvalue weighted by Crippen LogP contribution is -2.26. The maximum absolute atomic E-state index is 13.0. The topological polar surface area (TPSA) is 58.6 Å². The molecule has 0 amide bonds. The lowest BCUT2D eigenvalue weighted by Gasteiger charge is -2.21. The molecule has 0 saturated carbocycles. The maximum Gasteiger partial charge on any atom is 0.264 e. The van der Waals surface area contributed by atoms with Crippen LogP contribution in [0.1, 0.15) is 22.7 Å². The van der Waals surface area contributed by atoms with Gasteiger partial charge in [-0.3, -0.25) is 9.62 Å². The highest BCUT2D eigenvalue weighted by Crippen LogP contribution is 2.40. The molecule has 5 nitrogen and oxygen atoms in total. The predicted molar refractivity (Wildman–Crippen MR) is 90.1 cm³/mol. The zero-order valence-corrected chi connectivity index (χ0v) is 14.2. The summed E-state index contributed by atoms with van der Waals surface area (Å²) in [4.78, 5) is 0.338. The summed E-state index contributed by atoms with van der Waals surface area (Å²) in [6.07, 6.45) is 0. The summed E-state index contributed by atoms with van der Waals surface area (Å²) in [5.41, 5.74) is 3.25. The van der Waals surface area contributed by atoms with Gasteiger partial charge >= 0.3 is 0 Å².